The van der Waals surface area contributed by atoms with E-state index in [1.165, 1.54) is 0 Å². The highest BCUT2D eigenvalue weighted by Gasteiger charge is 2.02. The molecule has 0 spiro atoms. The summed E-state index contributed by atoms with van der Waals surface area (Å²) in [5.41, 5.74) is 8.04. The number of nitrogens with one attached hydrogen (secondary N) is 1. The van der Waals surface area contributed by atoms with Crippen LogP contribution in [0.3, 0.4) is 0 Å². The fourth-order valence-corrected chi connectivity index (χ4v) is 1.23. The van der Waals surface area contributed by atoms with Gasteiger partial charge in [-0.2, -0.15) is 0 Å². The Kier molecular flexibility index (Phi) is 3.22. The first kappa shape index (κ1) is 9.95. The van der Waals surface area contributed by atoms with E-state index in [4.69, 9.17) is 23.1 Å². The minimum absolute atomic E-state index is 0.0265. The monoisotopic (exact) mass is 196 g/mol. The van der Waals surface area contributed by atoms with Crippen LogP contribution >= 0.6 is 12.2 Å². The summed E-state index contributed by atoms with van der Waals surface area (Å²) in [6.07, 6.45) is 0. The van der Waals surface area contributed by atoms with Gasteiger partial charge >= 0.3 is 0 Å². The molecule has 0 heterocycles. The molecule has 0 amide bonds. The van der Waals surface area contributed by atoms with Gasteiger partial charge in [-0.3, -0.25) is 0 Å². The van der Waals surface area contributed by atoms with E-state index in [1.54, 1.807) is 0 Å². The Bertz CT molecular complexity index is 325. The third-order valence-corrected chi connectivity index (χ3v) is 1.98. The van der Waals surface area contributed by atoms with Crippen LogP contribution in [0.4, 0.5) is 5.69 Å². The van der Waals surface area contributed by atoms with Crippen LogP contribution in [0.1, 0.15) is 11.1 Å². The molecule has 1 aromatic carbocycles. The van der Waals surface area contributed by atoms with Crippen molar-refractivity contribution in [3.05, 3.63) is 29.3 Å². The summed E-state index contributed by atoms with van der Waals surface area (Å²) in [6, 6.07) is 5.58. The van der Waals surface area contributed by atoms with Gasteiger partial charge in [-0.1, -0.05) is 12.1 Å². The van der Waals surface area contributed by atoms with Gasteiger partial charge in [0.25, 0.3) is 0 Å². The molecule has 0 aromatic heterocycles. The molecule has 0 bridgehead atoms. The fourth-order valence-electron chi connectivity index (χ4n) is 1.12. The molecular weight excluding hydrogens is 184 g/mol. The zero-order chi connectivity index (χ0) is 9.84. The van der Waals surface area contributed by atoms with Crippen LogP contribution in [-0.2, 0) is 6.61 Å². The van der Waals surface area contributed by atoms with Crippen molar-refractivity contribution >= 4 is 23.0 Å². The lowest BCUT2D eigenvalue weighted by Crippen LogP contribution is -2.19. The first-order valence-corrected chi connectivity index (χ1v) is 4.31. The first-order chi connectivity index (χ1) is 6.15. The molecule has 70 valence electrons. The van der Waals surface area contributed by atoms with E-state index in [0.29, 0.717) is 0 Å². The molecule has 0 fully saturated rings. The van der Waals surface area contributed by atoms with Crippen molar-refractivity contribution in [1.82, 2.24) is 0 Å². The van der Waals surface area contributed by atoms with Gasteiger partial charge in [0, 0.05) is 5.69 Å². The first-order valence-electron chi connectivity index (χ1n) is 3.91. The number of anilines is 1. The van der Waals surface area contributed by atoms with Crippen molar-refractivity contribution in [3.8, 4) is 0 Å². The molecule has 0 aliphatic carbocycles. The van der Waals surface area contributed by atoms with Gasteiger partial charge in [-0.05, 0) is 36.3 Å². The van der Waals surface area contributed by atoms with Crippen LogP contribution < -0.4 is 11.1 Å². The molecule has 13 heavy (non-hydrogen) atoms. The Morgan fingerprint density at radius 3 is 2.85 bits per heavy atom. The Morgan fingerprint density at radius 1 is 1.62 bits per heavy atom. The van der Waals surface area contributed by atoms with Gasteiger partial charge in [0.2, 0.25) is 0 Å². The minimum Gasteiger partial charge on any atom is -0.392 e. The lowest BCUT2D eigenvalue weighted by molar-refractivity contribution is 0.281. The number of aliphatic hydroxyl groups excluding tert-OH is 1. The maximum absolute atomic E-state index is 8.99. The van der Waals surface area contributed by atoms with E-state index in [0.717, 1.165) is 16.8 Å². The van der Waals surface area contributed by atoms with Crippen LogP contribution in [0, 0.1) is 6.92 Å². The van der Waals surface area contributed by atoms with Gasteiger partial charge < -0.3 is 16.2 Å². The summed E-state index contributed by atoms with van der Waals surface area (Å²) >= 11 is 4.72. The maximum atomic E-state index is 8.99. The number of aliphatic hydroxyl groups is 1. The highest BCUT2D eigenvalue weighted by atomic mass is 32.1. The summed E-state index contributed by atoms with van der Waals surface area (Å²) in [7, 11) is 0. The lowest BCUT2D eigenvalue weighted by atomic mass is 10.1. The number of thiocarbonyl (C=S) groups is 1. The Morgan fingerprint density at radius 2 is 2.31 bits per heavy atom. The molecule has 0 aliphatic heterocycles. The summed E-state index contributed by atoms with van der Waals surface area (Å²) in [4.78, 5) is 0. The molecule has 4 heteroatoms. The Balaban J connectivity index is 3.01. The number of hydrogen-bond donors (Lipinski definition) is 3. The van der Waals surface area contributed by atoms with Crippen molar-refractivity contribution < 1.29 is 5.11 Å². The molecule has 1 aromatic rings. The highest BCUT2D eigenvalue weighted by Crippen LogP contribution is 2.18. The van der Waals surface area contributed by atoms with Crippen LogP contribution in [0.5, 0.6) is 0 Å². The van der Waals surface area contributed by atoms with Gasteiger partial charge in [-0.25, -0.2) is 0 Å². The third kappa shape index (κ3) is 2.40. The molecular formula is C9H12N2OS. The van der Waals surface area contributed by atoms with Crippen LogP contribution in [0.25, 0.3) is 0 Å². The molecule has 4 N–H and O–H groups in total. The molecule has 1 rings (SSSR count). The molecule has 0 saturated carbocycles. The molecule has 0 radical (unpaired) electrons. The van der Waals surface area contributed by atoms with E-state index in [1.807, 2.05) is 25.1 Å². The van der Waals surface area contributed by atoms with Crippen molar-refractivity contribution in [2.75, 3.05) is 5.32 Å². The van der Waals surface area contributed by atoms with Crippen LogP contribution in [0.15, 0.2) is 18.2 Å². The Labute approximate surface area is 82.6 Å². The largest absolute Gasteiger partial charge is 0.392 e. The molecule has 0 atom stereocenters. The quantitative estimate of drug-likeness (QED) is 0.621. The van der Waals surface area contributed by atoms with E-state index in [9.17, 15) is 0 Å². The summed E-state index contributed by atoms with van der Waals surface area (Å²) in [5, 5.41) is 12.1. The summed E-state index contributed by atoms with van der Waals surface area (Å²) < 4.78 is 0. The minimum atomic E-state index is 0.0265. The number of rotatable bonds is 2. The van der Waals surface area contributed by atoms with Gasteiger partial charge in [0.05, 0.1) is 6.61 Å². The second-order valence-electron chi connectivity index (χ2n) is 2.74. The zero-order valence-electron chi connectivity index (χ0n) is 7.37. The topological polar surface area (TPSA) is 58.3 Å². The maximum Gasteiger partial charge on any atom is 0.168 e. The average Bonchev–Trinajstić information content (AvgIpc) is 2.08. The van der Waals surface area contributed by atoms with Gasteiger partial charge in [0.15, 0.2) is 5.11 Å². The predicted molar refractivity (Wildman–Crippen MR) is 57.5 cm³/mol. The smallest absolute Gasteiger partial charge is 0.168 e. The number of hydrogen-bond acceptors (Lipinski definition) is 2. The highest BCUT2D eigenvalue weighted by molar-refractivity contribution is 7.80. The van der Waals surface area contributed by atoms with E-state index < -0.39 is 0 Å². The second-order valence-corrected chi connectivity index (χ2v) is 3.18. The molecule has 0 aliphatic rings. The van der Waals surface area contributed by atoms with Crippen molar-refractivity contribution in [1.29, 1.82) is 0 Å². The molecule has 3 nitrogen and oxygen atoms in total. The second kappa shape index (κ2) is 4.20. The summed E-state index contributed by atoms with van der Waals surface area (Å²) in [6.45, 7) is 1.94. The summed E-state index contributed by atoms with van der Waals surface area (Å²) in [5.74, 6) is 0. The van der Waals surface area contributed by atoms with Crippen molar-refractivity contribution in [3.63, 3.8) is 0 Å². The van der Waals surface area contributed by atoms with Crippen molar-refractivity contribution in [2.24, 2.45) is 5.73 Å². The van der Waals surface area contributed by atoms with Gasteiger partial charge in [-0.15, -0.1) is 0 Å². The molecule has 0 unspecified atom stereocenters. The third-order valence-electron chi connectivity index (χ3n) is 1.87. The average molecular weight is 196 g/mol. The van der Waals surface area contributed by atoms with Crippen LogP contribution in [0.2, 0.25) is 0 Å². The van der Waals surface area contributed by atoms with E-state index in [2.05, 4.69) is 5.32 Å². The van der Waals surface area contributed by atoms with E-state index >= 15 is 0 Å². The number of nitrogens with two attached hydrogens (primary N) is 1. The predicted octanol–water partition coefficient (Wildman–Crippen LogP) is 1.14. The Hall–Kier alpha value is -1.13. The zero-order valence-corrected chi connectivity index (χ0v) is 8.19. The van der Waals surface area contributed by atoms with E-state index in [-0.39, 0.29) is 11.7 Å². The number of benzene rings is 1. The standard InChI is InChI=1S/C9H12N2OS/c1-6-7(5-12)3-2-4-8(6)11-9(10)13/h2-4,12H,5H2,1H3,(H3,10,11,13). The SMILES string of the molecule is Cc1c(CO)cccc1NC(N)=S. The lowest BCUT2D eigenvalue weighted by Gasteiger charge is -2.10. The van der Waals surface area contributed by atoms with Crippen LogP contribution in [-0.4, -0.2) is 10.2 Å². The molecule has 0 saturated heterocycles. The van der Waals surface area contributed by atoms with Crippen molar-refractivity contribution in [2.45, 2.75) is 13.5 Å². The fraction of sp³-hybridized carbons (Fsp3) is 0.222. The van der Waals surface area contributed by atoms with Gasteiger partial charge in [0.1, 0.15) is 0 Å². The normalized spacial score (nSPS) is 9.69.